The van der Waals surface area contributed by atoms with Crippen LogP contribution in [-0.4, -0.2) is 79.0 Å². The maximum atomic E-state index is 6.33. The molecule has 1 fully saturated rings. The first-order valence-electron chi connectivity index (χ1n) is 9.95. The first-order chi connectivity index (χ1) is 14.6. The van der Waals surface area contributed by atoms with Gasteiger partial charge < -0.3 is 32.7 Å². The number of hydrogen-bond donors (Lipinski definition) is 0. The van der Waals surface area contributed by atoms with Crippen LogP contribution in [0, 0.1) is 0 Å². The fourth-order valence-corrected chi connectivity index (χ4v) is 5.20. The molecule has 5 atom stereocenters. The van der Waals surface area contributed by atoms with Crippen molar-refractivity contribution in [1.29, 1.82) is 0 Å². The molecule has 9 nitrogen and oxygen atoms in total. The molecule has 2 rings (SSSR count). The Morgan fingerprint density at radius 1 is 0.867 bits per heavy atom. The number of ether oxygens (including phenoxy) is 5. The highest BCUT2D eigenvalue weighted by molar-refractivity contribution is 7.51. The van der Waals surface area contributed by atoms with Crippen molar-refractivity contribution in [3.05, 3.63) is 30.3 Å². The highest BCUT2D eigenvalue weighted by Crippen LogP contribution is 2.57. The van der Waals surface area contributed by atoms with Crippen LogP contribution in [0.15, 0.2) is 35.1 Å². The van der Waals surface area contributed by atoms with E-state index in [2.05, 4.69) is 0 Å². The molecule has 1 aromatic carbocycles. The van der Waals surface area contributed by atoms with Gasteiger partial charge in [0.25, 0.3) is 0 Å². The van der Waals surface area contributed by atoms with Crippen LogP contribution in [0.1, 0.15) is 13.8 Å². The zero-order chi connectivity index (χ0) is 22.0. The van der Waals surface area contributed by atoms with Crippen molar-refractivity contribution in [1.82, 2.24) is 0 Å². The third-order valence-corrected chi connectivity index (χ3v) is 6.67. The Labute approximate surface area is 179 Å². The minimum atomic E-state index is -3.16. The molecule has 0 unspecified atom stereocenters. The Morgan fingerprint density at radius 2 is 1.47 bits per heavy atom. The molecule has 1 aromatic rings. The molecule has 0 aromatic heterocycles. The maximum absolute atomic E-state index is 6.33. The minimum absolute atomic E-state index is 0.291. The first kappa shape index (κ1) is 25.4. The number of benzene rings is 1. The predicted octanol–water partition coefficient (Wildman–Crippen LogP) is 3.77. The molecular weight excluding hydrogens is 413 g/mol. The molecular formula is C20H34NO8P. The lowest BCUT2D eigenvalue weighted by Crippen LogP contribution is -2.61. The van der Waals surface area contributed by atoms with E-state index in [0.29, 0.717) is 25.5 Å². The second kappa shape index (κ2) is 12.9. The lowest BCUT2D eigenvalue weighted by Gasteiger charge is -2.45. The van der Waals surface area contributed by atoms with Gasteiger partial charge in [-0.15, -0.1) is 0 Å². The van der Waals surface area contributed by atoms with Crippen LogP contribution in [0.3, 0.4) is 0 Å². The highest BCUT2D eigenvalue weighted by Gasteiger charge is 2.49. The Kier molecular flexibility index (Phi) is 10.9. The predicted molar refractivity (Wildman–Crippen MR) is 113 cm³/mol. The van der Waals surface area contributed by atoms with E-state index in [-0.39, 0.29) is 0 Å². The van der Waals surface area contributed by atoms with Gasteiger partial charge in [-0.1, -0.05) is 18.2 Å². The summed E-state index contributed by atoms with van der Waals surface area (Å²) in [6.45, 7) is 4.72. The number of hydrogen-bond acceptors (Lipinski definition) is 9. The Bertz CT molecular complexity index is 651. The molecule has 1 aliphatic rings. The molecule has 0 spiro atoms. The van der Waals surface area contributed by atoms with Crippen LogP contribution in [0.4, 0.5) is 5.69 Å². The van der Waals surface area contributed by atoms with Gasteiger partial charge in [-0.25, -0.2) is 0 Å². The molecule has 1 saturated heterocycles. The summed E-state index contributed by atoms with van der Waals surface area (Å²) in [4.78, 5) is 0. The Hall–Kier alpha value is -0.870. The summed E-state index contributed by atoms with van der Waals surface area (Å²) in [7, 11) is 3.19. The van der Waals surface area contributed by atoms with Crippen LogP contribution in [0.2, 0.25) is 0 Å². The quantitative estimate of drug-likeness (QED) is 0.448. The summed E-state index contributed by atoms with van der Waals surface area (Å²) in [6, 6.07) is 9.41. The van der Waals surface area contributed by atoms with Crippen molar-refractivity contribution in [3.63, 3.8) is 0 Å². The van der Waals surface area contributed by atoms with Crippen LogP contribution in [0.5, 0.6) is 0 Å². The largest absolute Gasteiger partial charge is 0.382 e. The summed E-state index contributed by atoms with van der Waals surface area (Å²) < 4.78 is 51.4. The van der Waals surface area contributed by atoms with Gasteiger partial charge in [0, 0.05) is 28.4 Å². The molecule has 1 heterocycles. The Balaban J connectivity index is 2.43. The summed E-state index contributed by atoms with van der Waals surface area (Å²) in [6.07, 6.45) is -2.77. The SMILES string of the molecule is CCOP(=Nc1ccccc1)(OCC)O[C@H]1O[C@H](COC)[C@H](OC)[C@H](OC)[C@H]1OC. The topological polar surface area (TPSA) is 86.2 Å². The van der Waals surface area contributed by atoms with E-state index in [4.69, 9.17) is 42.0 Å². The monoisotopic (exact) mass is 447 g/mol. The zero-order valence-electron chi connectivity index (χ0n) is 18.6. The second-order valence-electron chi connectivity index (χ2n) is 6.44. The van der Waals surface area contributed by atoms with Crippen LogP contribution < -0.4 is 0 Å². The lowest BCUT2D eigenvalue weighted by atomic mass is 9.98. The van der Waals surface area contributed by atoms with Crippen molar-refractivity contribution >= 4 is 13.4 Å². The van der Waals surface area contributed by atoms with Crippen molar-refractivity contribution in [2.45, 2.75) is 44.6 Å². The van der Waals surface area contributed by atoms with Gasteiger partial charge in [0.1, 0.15) is 24.4 Å². The van der Waals surface area contributed by atoms with Gasteiger partial charge >= 0.3 is 7.74 Å². The number of nitrogens with zero attached hydrogens (tertiary/aromatic N) is 1. The van der Waals surface area contributed by atoms with Gasteiger partial charge in [-0.05, 0) is 26.0 Å². The molecule has 1 aliphatic heterocycles. The van der Waals surface area contributed by atoms with E-state index in [0.717, 1.165) is 0 Å². The summed E-state index contributed by atoms with van der Waals surface area (Å²) in [5.41, 5.74) is 0.684. The second-order valence-corrected chi connectivity index (χ2v) is 8.31. The summed E-state index contributed by atoms with van der Waals surface area (Å²) in [5.74, 6) is 0. The van der Waals surface area contributed by atoms with Crippen LogP contribution in [0.25, 0.3) is 0 Å². The molecule has 30 heavy (non-hydrogen) atoms. The molecule has 0 N–H and O–H groups in total. The van der Waals surface area contributed by atoms with E-state index >= 15 is 0 Å². The van der Waals surface area contributed by atoms with Gasteiger partial charge in [-0.2, -0.15) is 4.74 Å². The van der Waals surface area contributed by atoms with E-state index in [9.17, 15) is 0 Å². The molecule has 0 radical (unpaired) electrons. The van der Waals surface area contributed by atoms with E-state index < -0.39 is 38.4 Å². The average Bonchev–Trinajstić information content (AvgIpc) is 2.74. The summed E-state index contributed by atoms with van der Waals surface area (Å²) >= 11 is 0. The van der Waals surface area contributed by atoms with E-state index in [1.807, 2.05) is 44.2 Å². The van der Waals surface area contributed by atoms with Crippen molar-refractivity contribution in [2.24, 2.45) is 4.74 Å². The first-order valence-corrected chi connectivity index (χ1v) is 11.4. The molecule has 0 aliphatic carbocycles. The smallest absolute Gasteiger partial charge is 0.363 e. The standard InChI is InChI=1S/C20H34NO8P/c1-7-26-30(27-8-2,21-15-12-10-9-11-13-15)29-20-19(25-6)18(24-5)17(23-4)16(28-20)14-22-3/h9-13,16-20H,7-8,14H2,1-6H3/t16-,17+,18+,19-,20-/m1/s1. The maximum Gasteiger partial charge on any atom is 0.363 e. The average molecular weight is 447 g/mol. The molecule has 0 amide bonds. The van der Waals surface area contributed by atoms with Crippen LogP contribution >= 0.6 is 7.74 Å². The zero-order valence-corrected chi connectivity index (χ0v) is 19.4. The fraction of sp³-hybridized carbons (Fsp3) is 0.700. The molecule has 10 heteroatoms. The van der Waals surface area contributed by atoms with Crippen molar-refractivity contribution in [3.8, 4) is 0 Å². The van der Waals surface area contributed by atoms with Crippen molar-refractivity contribution < 1.29 is 37.3 Å². The van der Waals surface area contributed by atoms with Gasteiger partial charge in [0.05, 0.1) is 25.5 Å². The van der Waals surface area contributed by atoms with Gasteiger partial charge in [0.2, 0.25) is 0 Å². The van der Waals surface area contributed by atoms with Crippen molar-refractivity contribution in [2.75, 3.05) is 48.3 Å². The summed E-state index contributed by atoms with van der Waals surface area (Å²) in [5, 5.41) is 0. The van der Waals surface area contributed by atoms with Gasteiger partial charge in [0.15, 0.2) is 6.29 Å². The van der Waals surface area contributed by atoms with E-state index in [1.54, 1.807) is 28.4 Å². The Morgan fingerprint density at radius 3 is 1.97 bits per heavy atom. The minimum Gasteiger partial charge on any atom is -0.382 e. The normalized spacial score (nSPS) is 27.2. The lowest BCUT2D eigenvalue weighted by molar-refractivity contribution is -0.294. The van der Waals surface area contributed by atoms with Gasteiger partial charge in [-0.3, -0.25) is 4.52 Å². The fourth-order valence-electron chi connectivity index (χ4n) is 3.34. The number of rotatable bonds is 12. The van der Waals surface area contributed by atoms with E-state index in [1.165, 1.54) is 0 Å². The highest BCUT2D eigenvalue weighted by atomic mass is 31.2. The number of methoxy groups -OCH3 is 4. The molecule has 172 valence electrons. The molecule has 0 bridgehead atoms. The van der Waals surface area contributed by atoms with Crippen LogP contribution in [-0.2, 0) is 37.3 Å². The molecule has 0 saturated carbocycles. The third-order valence-electron chi connectivity index (χ3n) is 4.55. The third kappa shape index (κ3) is 6.32.